The molecule has 0 spiro atoms. The highest BCUT2D eigenvalue weighted by Crippen LogP contribution is 2.16. The Labute approximate surface area is 199 Å². The van der Waals surface area contributed by atoms with E-state index in [1.807, 2.05) is 30.3 Å². The monoisotopic (exact) mass is 537 g/mol. The summed E-state index contributed by atoms with van der Waals surface area (Å²) >= 11 is 1.76. The Balaban J connectivity index is 0.00000320. The molecule has 2 aromatic heterocycles. The lowest BCUT2D eigenvalue weighted by molar-refractivity contribution is 0.301. The summed E-state index contributed by atoms with van der Waals surface area (Å²) < 4.78 is 5.78. The highest BCUT2D eigenvalue weighted by molar-refractivity contribution is 14.0. The topological polar surface area (TPSA) is 71.4 Å². The molecule has 0 bridgehead atoms. The molecule has 0 aliphatic rings. The summed E-state index contributed by atoms with van der Waals surface area (Å²) in [6.45, 7) is 6.12. The van der Waals surface area contributed by atoms with E-state index >= 15 is 0 Å². The lowest BCUT2D eigenvalue weighted by atomic mass is 10.2. The highest BCUT2D eigenvalue weighted by atomic mass is 127. The zero-order chi connectivity index (χ0) is 20.5. The molecule has 0 aliphatic heterocycles. The first-order valence-electron chi connectivity index (χ1n) is 9.63. The van der Waals surface area contributed by atoms with Crippen LogP contribution in [0.2, 0.25) is 0 Å². The second-order valence-electron chi connectivity index (χ2n) is 6.61. The van der Waals surface area contributed by atoms with Gasteiger partial charge in [0.25, 0.3) is 0 Å². The van der Waals surface area contributed by atoms with Crippen molar-refractivity contribution in [2.45, 2.75) is 33.4 Å². The number of benzene rings is 1. The molecule has 6 nitrogen and oxygen atoms in total. The molecule has 0 saturated carbocycles. The first kappa shape index (κ1) is 24.1. The van der Waals surface area contributed by atoms with Crippen LogP contribution >= 0.6 is 35.3 Å². The number of guanidine groups is 1. The number of halogens is 1. The van der Waals surface area contributed by atoms with Gasteiger partial charge in [-0.1, -0.05) is 18.2 Å². The molecule has 0 fully saturated rings. The van der Waals surface area contributed by atoms with Crippen molar-refractivity contribution in [1.29, 1.82) is 0 Å². The van der Waals surface area contributed by atoms with Gasteiger partial charge in [-0.25, -0.2) is 4.98 Å². The van der Waals surface area contributed by atoms with Crippen molar-refractivity contribution in [1.82, 2.24) is 20.6 Å². The van der Waals surface area contributed by atoms with Crippen molar-refractivity contribution in [3.05, 3.63) is 75.5 Å². The maximum Gasteiger partial charge on any atom is 0.191 e. The van der Waals surface area contributed by atoms with Crippen LogP contribution in [0.4, 0.5) is 0 Å². The normalized spacial score (nSPS) is 11.0. The summed E-state index contributed by atoms with van der Waals surface area (Å²) in [5.74, 6) is 1.61. The van der Waals surface area contributed by atoms with Crippen LogP contribution in [0.5, 0.6) is 5.75 Å². The van der Waals surface area contributed by atoms with E-state index in [0.29, 0.717) is 13.2 Å². The number of ether oxygens (including phenoxy) is 1. The summed E-state index contributed by atoms with van der Waals surface area (Å²) in [6.07, 6.45) is 2.66. The van der Waals surface area contributed by atoms with Gasteiger partial charge in [-0.05, 0) is 43.7 Å². The number of nitrogens with zero attached hydrogens (tertiary/aromatic N) is 3. The van der Waals surface area contributed by atoms with Crippen LogP contribution < -0.4 is 15.4 Å². The number of rotatable bonds is 8. The van der Waals surface area contributed by atoms with Gasteiger partial charge in [-0.2, -0.15) is 0 Å². The van der Waals surface area contributed by atoms with Crippen molar-refractivity contribution in [2.75, 3.05) is 13.6 Å². The molecule has 0 unspecified atom stereocenters. The zero-order valence-electron chi connectivity index (χ0n) is 17.5. The van der Waals surface area contributed by atoms with Gasteiger partial charge in [0.15, 0.2) is 5.96 Å². The van der Waals surface area contributed by atoms with E-state index in [4.69, 9.17) is 4.74 Å². The molecule has 2 heterocycles. The molecule has 8 heteroatoms. The van der Waals surface area contributed by atoms with Crippen LogP contribution in [0.1, 0.15) is 26.8 Å². The second kappa shape index (κ2) is 12.5. The summed E-state index contributed by atoms with van der Waals surface area (Å²) in [5.41, 5.74) is 3.19. The molecule has 0 saturated heterocycles. The molecule has 2 N–H and O–H groups in total. The molecular formula is C22H28IN5OS. The summed E-state index contributed by atoms with van der Waals surface area (Å²) in [5, 5.41) is 7.83. The van der Waals surface area contributed by atoms with E-state index in [1.54, 1.807) is 24.6 Å². The predicted molar refractivity (Wildman–Crippen MR) is 134 cm³/mol. The molecule has 0 radical (unpaired) electrons. The van der Waals surface area contributed by atoms with E-state index in [2.05, 4.69) is 51.6 Å². The van der Waals surface area contributed by atoms with Gasteiger partial charge < -0.3 is 15.4 Å². The Morgan fingerprint density at radius 3 is 2.53 bits per heavy atom. The lowest BCUT2D eigenvalue weighted by Gasteiger charge is -2.12. The van der Waals surface area contributed by atoms with Crippen LogP contribution in [-0.2, 0) is 19.6 Å². The van der Waals surface area contributed by atoms with E-state index in [0.717, 1.165) is 46.6 Å². The molecule has 3 rings (SSSR count). The number of hydrogen-bond acceptors (Lipinski definition) is 5. The maximum absolute atomic E-state index is 5.78. The summed E-state index contributed by atoms with van der Waals surface area (Å²) in [4.78, 5) is 14.4. The minimum absolute atomic E-state index is 0. The number of aromatic nitrogens is 2. The SMILES string of the molecule is CN=C(NCCc1nc(C)c(C)s1)NCc1ccc(OCc2ccccn2)cc1.I. The third kappa shape index (κ3) is 7.56. The fourth-order valence-electron chi connectivity index (χ4n) is 2.68. The largest absolute Gasteiger partial charge is 0.487 e. The van der Waals surface area contributed by atoms with Gasteiger partial charge in [0.05, 0.1) is 16.4 Å². The predicted octanol–water partition coefficient (Wildman–Crippen LogP) is 4.26. The number of aliphatic imine (C=N–C) groups is 1. The summed E-state index contributed by atoms with van der Waals surface area (Å²) in [7, 11) is 1.78. The second-order valence-corrected chi connectivity index (χ2v) is 7.89. The molecule has 0 aliphatic carbocycles. The molecular weight excluding hydrogens is 509 g/mol. The van der Waals surface area contributed by atoms with Crippen LogP contribution in [0.15, 0.2) is 53.7 Å². The fourth-order valence-corrected chi connectivity index (χ4v) is 3.62. The van der Waals surface area contributed by atoms with Crippen LogP contribution in [0.25, 0.3) is 0 Å². The van der Waals surface area contributed by atoms with Gasteiger partial charge in [0.1, 0.15) is 12.4 Å². The van der Waals surface area contributed by atoms with Gasteiger partial charge in [-0.3, -0.25) is 9.98 Å². The van der Waals surface area contributed by atoms with Crippen molar-refractivity contribution >= 4 is 41.3 Å². The fraction of sp³-hybridized carbons (Fsp3) is 0.318. The zero-order valence-corrected chi connectivity index (χ0v) is 20.7. The van der Waals surface area contributed by atoms with Crippen LogP contribution in [-0.4, -0.2) is 29.5 Å². The molecule has 0 amide bonds. The third-order valence-corrected chi connectivity index (χ3v) is 5.56. The van der Waals surface area contributed by atoms with Gasteiger partial charge in [0, 0.05) is 37.6 Å². The van der Waals surface area contributed by atoms with E-state index in [-0.39, 0.29) is 24.0 Å². The van der Waals surface area contributed by atoms with Gasteiger partial charge >= 0.3 is 0 Å². The first-order chi connectivity index (χ1) is 14.1. The molecule has 30 heavy (non-hydrogen) atoms. The quantitative estimate of drug-likeness (QED) is 0.255. The minimum Gasteiger partial charge on any atom is -0.487 e. The van der Waals surface area contributed by atoms with Crippen molar-refractivity contribution in [3.63, 3.8) is 0 Å². The Bertz CT molecular complexity index is 909. The lowest BCUT2D eigenvalue weighted by Crippen LogP contribution is -2.37. The number of pyridine rings is 1. The van der Waals surface area contributed by atoms with Gasteiger partial charge in [0.2, 0.25) is 0 Å². The van der Waals surface area contributed by atoms with E-state index in [1.165, 1.54) is 4.88 Å². The minimum atomic E-state index is 0. The van der Waals surface area contributed by atoms with Gasteiger partial charge in [-0.15, -0.1) is 35.3 Å². The molecule has 160 valence electrons. The van der Waals surface area contributed by atoms with Crippen LogP contribution in [0, 0.1) is 13.8 Å². The first-order valence-corrected chi connectivity index (χ1v) is 10.4. The molecule has 3 aromatic rings. The van der Waals surface area contributed by atoms with E-state index < -0.39 is 0 Å². The third-order valence-electron chi connectivity index (χ3n) is 4.42. The van der Waals surface area contributed by atoms with Crippen molar-refractivity contribution in [3.8, 4) is 5.75 Å². The number of aryl methyl sites for hydroxylation is 2. The Morgan fingerprint density at radius 2 is 1.90 bits per heavy atom. The number of thiazole rings is 1. The number of hydrogen-bond donors (Lipinski definition) is 2. The molecule has 0 atom stereocenters. The maximum atomic E-state index is 5.78. The Kier molecular flexibility index (Phi) is 10.0. The van der Waals surface area contributed by atoms with Crippen LogP contribution in [0.3, 0.4) is 0 Å². The molecule has 1 aromatic carbocycles. The Hall–Kier alpha value is -2.20. The summed E-state index contributed by atoms with van der Waals surface area (Å²) in [6, 6.07) is 13.9. The average Bonchev–Trinajstić information content (AvgIpc) is 3.07. The smallest absolute Gasteiger partial charge is 0.191 e. The van der Waals surface area contributed by atoms with E-state index in [9.17, 15) is 0 Å². The average molecular weight is 537 g/mol. The van der Waals surface area contributed by atoms with Crippen molar-refractivity contribution < 1.29 is 4.74 Å². The standard InChI is InChI=1S/C22H27N5OS.HI/c1-16-17(2)29-21(27-16)11-13-25-22(23-3)26-14-18-7-9-20(10-8-18)28-15-19-6-4-5-12-24-19;/h4-10,12H,11,13-15H2,1-3H3,(H2,23,25,26);1H. The van der Waals surface area contributed by atoms with Crippen molar-refractivity contribution in [2.24, 2.45) is 4.99 Å². The highest BCUT2D eigenvalue weighted by Gasteiger charge is 2.04. The number of nitrogens with one attached hydrogen (secondary N) is 2. The Morgan fingerprint density at radius 1 is 1.10 bits per heavy atom.